The molecular formula is C26H24FNO4. The summed E-state index contributed by atoms with van der Waals surface area (Å²) < 4.78 is 24.3. The molecule has 0 atom stereocenters. The van der Waals surface area contributed by atoms with E-state index < -0.39 is 5.82 Å². The van der Waals surface area contributed by atoms with E-state index in [0.717, 1.165) is 11.1 Å². The van der Waals surface area contributed by atoms with Crippen molar-refractivity contribution in [2.75, 3.05) is 18.5 Å². The van der Waals surface area contributed by atoms with Crippen LogP contribution in [0.2, 0.25) is 0 Å². The fourth-order valence-corrected chi connectivity index (χ4v) is 2.88. The average molecular weight is 433 g/mol. The highest BCUT2D eigenvalue weighted by Gasteiger charge is 2.10. The van der Waals surface area contributed by atoms with Crippen LogP contribution in [-0.2, 0) is 4.79 Å². The Balaban J connectivity index is 1.64. The molecule has 0 aliphatic heterocycles. The largest absolute Gasteiger partial charge is 0.490 e. The lowest BCUT2D eigenvalue weighted by Gasteiger charge is -2.13. The van der Waals surface area contributed by atoms with Crippen LogP contribution in [0.4, 0.5) is 10.1 Å². The number of hydrogen-bond donors (Lipinski definition) is 1. The number of ketones is 1. The van der Waals surface area contributed by atoms with Gasteiger partial charge in [0.1, 0.15) is 5.82 Å². The number of ether oxygens (including phenoxy) is 2. The van der Waals surface area contributed by atoms with E-state index in [0.29, 0.717) is 29.4 Å². The molecule has 0 aromatic heterocycles. The van der Waals surface area contributed by atoms with Gasteiger partial charge in [0.2, 0.25) is 0 Å². The Kier molecular flexibility index (Phi) is 7.75. The normalized spacial score (nSPS) is 10.7. The van der Waals surface area contributed by atoms with Gasteiger partial charge in [0, 0.05) is 11.3 Å². The Bertz CT molecular complexity index is 1110. The number of hydrogen-bond acceptors (Lipinski definition) is 4. The predicted octanol–water partition coefficient (Wildman–Crippen LogP) is 5.45. The van der Waals surface area contributed by atoms with Crippen molar-refractivity contribution in [2.24, 2.45) is 0 Å². The van der Waals surface area contributed by atoms with Crippen LogP contribution < -0.4 is 14.8 Å². The number of aryl methyl sites for hydroxylation is 1. The molecule has 1 N–H and O–H groups in total. The van der Waals surface area contributed by atoms with Gasteiger partial charge >= 0.3 is 0 Å². The van der Waals surface area contributed by atoms with E-state index in [-0.39, 0.29) is 18.3 Å². The molecule has 3 aromatic rings. The van der Waals surface area contributed by atoms with Crippen molar-refractivity contribution in [3.05, 3.63) is 95.3 Å². The van der Waals surface area contributed by atoms with Gasteiger partial charge in [-0.3, -0.25) is 9.59 Å². The van der Waals surface area contributed by atoms with Crippen LogP contribution in [0.25, 0.3) is 6.08 Å². The van der Waals surface area contributed by atoms with Crippen LogP contribution in [0.1, 0.15) is 28.4 Å². The van der Waals surface area contributed by atoms with Crippen molar-refractivity contribution in [3.63, 3.8) is 0 Å². The monoisotopic (exact) mass is 433 g/mol. The van der Waals surface area contributed by atoms with Gasteiger partial charge < -0.3 is 14.8 Å². The van der Waals surface area contributed by atoms with Gasteiger partial charge in [0.15, 0.2) is 23.9 Å². The summed E-state index contributed by atoms with van der Waals surface area (Å²) in [5, 5.41) is 2.78. The molecule has 3 aromatic carbocycles. The summed E-state index contributed by atoms with van der Waals surface area (Å²) in [5.74, 6) is -0.0313. The third-order valence-corrected chi connectivity index (χ3v) is 4.52. The summed E-state index contributed by atoms with van der Waals surface area (Å²) >= 11 is 0. The first-order valence-electron chi connectivity index (χ1n) is 10.2. The van der Waals surface area contributed by atoms with E-state index >= 15 is 0 Å². The Morgan fingerprint density at radius 1 is 0.938 bits per heavy atom. The van der Waals surface area contributed by atoms with E-state index in [2.05, 4.69) is 5.32 Å². The molecule has 0 aliphatic carbocycles. The molecular weight excluding hydrogens is 409 g/mol. The molecule has 164 valence electrons. The molecule has 0 radical (unpaired) electrons. The summed E-state index contributed by atoms with van der Waals surface area (Å²) in [5.41, 5.74) is 2.92. The van der Waals surface area contributed by atoms with Gasteiger partial charge in [-0.2, -0.15) is 0 Å². The number of carbonyl (C=O) groups excluding carboxylic acids is 2. The lowest BCUT2D eigenvalue weighted by atomic mass is 10.1. The van der Waals surface area contributed by atoms with Crippen LogP contribution in [0.3, 0.4) is 0 Å². The number of amides is 1. The number of anilines is 1. The Labute approximate surface area is 186 Å². The summed E-state index contributed by atoms with van der Waals surface area (Å²) in [7, 11) is 0. The van der Waals surface area contributed by atoms with Crippen LogP contribution in [0.5, 0.6) is 11.5 Å². The number of benzene rings is 3. The van der Waals surface area contributed by atoms with Gasteiger partial charge in [-0.25, -0.2) is 4.39 Å². The first-order chi connectivity index (χ1) is 15.4. The van der Waals surface area contributed by atoms with Crippen molar-refractivity contribution in [2.45, 2.75) is 13.8 Å². The molecule has 0 bridgehead atoms. The maximum absolute atomic E-state index is 13.0. The quantitative estimate of drug-likeness (QED) is 0.360. The van der Waals surface area contributed by atoms with Crippen LogP contribution >= 0.6 is 0 Å². The lowest BCUT2D eigenvalue weighted by Crippen LogP contribution is -2.20. The number of nitrogens with one attached hydrogen (secondary N) is 1. The predicted molar refractivity (Wildman–Crippen MR) is 123 cm³/mol. The standard InChI is InChI=1S/C26H24FNO4/c1-3-31-25-16-19(6-14-23(29)20-8-10-21(27)11-9-20)7-15-24(25)32-17-26(30)28-22-12-4-18(2)5-13-22/h4-16H,3,17H2,1-2H3,(H,28,30)/b14-6+. The third kappa shape index (κ3) is 6.54. The van der Waals surface area contributed by atoms with Gasteiger partial charge in [0.25, 0.3) is 5.91 Å². The van der Waals surface area contributed by atoms with Crippen LogP contribution in [0, 0.1) is 12.7 Å². The van der Waals surface area contributed by atoms with Crippen molar-refractivity contribution >= 4 is 23.5 Å². The van der Waals surface area contributed by atoms with Crippen LogP contribution in [-0.4, -0.2) is 24.9 Å². The zero-order chi connectivity index (χ0) is 22.9. The Hall–Kier alpha value is -3.93. The van der Waals surface area contributed by atoms with Gasteiger partial charge in [-0.1, -0.05) is 29.8 Å². The molecule has 3 rings (SSSR count). The molecule has 0 saturated carbocycles. The molecule has 1 amide bonds. The third-order valence-electron chi connectivity index (χ3n) is 4.52. The summed E-state index contributed by atoms with van der Waals surface area (Å²) in [4.78, 5) is 24.4. The van der Waals surface area contributed by atoms with E-state index in [4.69, 9.17) is 9.47 Å². The summed E-state index contributed by atoms with van der Waals surface area (Å²) in [6.07, 6.45) is 3.05. The molecule has 0 heterocycles. The first-order valence-corrected chi connectivity index (χ1v) is 10.2. The molecule has 0 fully saturated rings. The maximum atomic E-state index is 13.0. The Morgan fingerprint density at radius 3 is 2.34 bits per heavy atom. The molecule has 0 unspecified atom stereocenters. The number of rotatable bonds is 9. The molecule has 0 aliphatic rings. The highest BCUT2D eigenvalue weighted by molar-refractivity contribution is 6.06. The SMILES string of the molecule is CCOc1cc(/C=C/C(=O)c2ccc(F)cc2)ccc1OCC(=O)Nc1ccc(C)cc1. The molecule has 32 heavy (non-hydrogen) atoms. The lowest BCUT2D eigenvalue weighted by molar-refractivity contribution is -0.118. The molecule has 0 saturated heterocycles. The minimum absolute atomic E-state index is 0.174. The van der Waals surface area contributed by atoms with Gasteiger partial charge in [0.05, 0.1) is 6.61 Å². The number of carbonyl (C=O) groups is 2. The van der Waals surface area contributed by atoms with E-state index in [1.165, 1.54) is 30.3 Å². The zero-order valence-electron chi connectivity index (χ0n) is 17.9. The summed E-state index contributed by atoms with van der Waals surface area (Å²) in [6, 6.07) is 18.0. The molecule has 6 heteroatoms. The van der Waals surface area contributed by atoms with Crippen molar-refractivity contribution in [1.82, 2.24) is 0 Å². The summed E-state index contributed by atoms with van der Waals surface area (Å²) in [6.45, 7) is 4.05. The fraction of sp³-hybridized carbons (Fsp3) is 0.154. The first kappa shape index (κ1) is 22.7. The van der Waals surface area contributed by atoms with Crippen molar-refractivity contribution < 1.29 is 23.5 Å². The average Bonchev–Trinajstić information content (AvgIpc) is 2.79. The number of allylic oxidation sites excluding steroid dienone is 1. The highest BCUT2D eigenvalue weighted by atomic mass is 19.1. The zero-order valence-corrected chi connectivity index (χ0v) is 17.9. The smallest absolute Gasteiger partial charge is 0.262 e. The second kappa shape index (κ2) is 10.9. The van der Waals surface area contributed by atoms with E-state index in [9.17, 15) is 14.0 Å². The molecule has 0 spiro atoms. The van der Waals surface area contributed by atoms with E-state index in [1.807, 2.05) is 38.1 Å². The second-order valence-corrected chi connectivity index (χ2v) is 7.05. The highest BCUT2D eigenvalue weighted by Crippen LogP contribution is 2.29. The minimum atomic E-state index is -0.393. The fourth-order valence-electron chi connectivity index (χ4n) is 2.88. The van der Waals surface area contributed by atoms with Gasteiger partial charge in [-0.15, -0.1) is 0 Å². The van der Waals surface area contributed by atoms with Gasteiger partial charge in [-0.05, 0) is 74.0 Å². The van der Waals surface area contributed by atoms with Crippen molar-refractivity contribution in [1.29, 1.82) is 0 Å². The van der Waals surface area contributed by atoms with Crippen molar-refractivity contribution in [3.8, 4) is 11.5 Å². The minimum Gasteiger partial charge on any atom is -0.490 e. The van der Waals surface area contributed by atoms with Crippen LogP contribution in [0.15, 0.2) is 72.8 Å². The molecule has 5 nitrogen and oxygen atoms in total. The Morgan fingerprint density at radius 2 is 1.66 bits per heavy atom. The maximum Gasteiger partial charge on any atom is 0.262 e. The number of halogens is 1. The second-order valence-electron chi connectivity index (χ2n) is 7.05. The topological polar surface area (TPSA) is 64.6 Å². The van der Waals surface area contributed by atoms with E-state index in [1.54, 1.807) is 24.3 Å².